The van der Waals surface area contributed by atoms with E-state index in [-0.39, 0.29) is 16.9 Å². The molecule has 3 aromatic rings. The Bertz CT molecular complexity index is 868. The molecule has 23 heavy (non-hydrogen) atoms. The lowest BCUT2D eigenvalue weighted by molar-refractivity contribution is 0.102. The first-order valence-electron chi connectivity index (χ1n) is 6.45. The van der Waals surface area contributed by atoms with Crippen LogP contribution in [0.15, 0.2) is 53.5 Å². The van der Waals surface area contributed by atoms with E-state index in [1.54, 1.807) is 0 Å². The summed E-state index contributed by atoms with van der Waals surface area (Å²) in [6.45, 7) is 0. The SMILES string of the molecule is O=C(Nc1ccc(-n2cncn2)c(F)c1)c1ccc(F)cc1Br. The summed E-state index contributed by atoms with van der Waals surface area (Å²) in [4.78, 5) is 15.9. The van der Waals surface area contributed by atoms with Crippen molar-refractivity contribution in [2.75, 3.05) is 5.32 Å². The minimum atomic E-state index is -0.563. The van der Waals surface area contributed by atoms with E-state index in [1.807, 2.05) is 0 Å². The molecule has 0 fully saturated rings. The van der Waals surface area contributed by atoms with Gasteiger partial charge >= 0.3 is 0 Å². The molecule has 0 radical (unpaired) electrons. The smallest absolute Gasteiger partial charge is 0.256 e. The number of carbonyl (C=O) groups is 1. The molecule has 0 aliphatic heterocycles. The monoisotopic (exact) mass is 378 g/mol. The van der Waals surface area contributed by atoms with Gasteiger partial charge in [-0.15, -0.1) is 0 Å². The van der Waals surface area contributed by atoms with E-state index < -0.39 is 17.5 Å². The molecule has 0 saturated carbocycles. The summed E-state index contributed by atoms with van der Waals surface area (Å²) in [5, 5.41) is 6.40. The number of nitrogens with zero attached hydrogens (tertiary/aromatic N) is 3. The van der Waals surface area contributed by atoms with Crippen LogP contribution in [0.3, 0.4) is 0 Å². The Labute approximate surface area is 138 Å². The summed E-state index contributed by atoms with van der Waals surface area (Å²) >= 11 is 3.12. The molecule has 0 atom stereocenters. The third-order valence-electron chi connectivity index (χ3n) is 3.05. The normalized spacial score (nSPS) is 10.6. The maximum absolute atomic E-state index is 14.1. The van der Waals surface area contributed by atoms with Crippen molar-refractivity contribution in [1.82, 2.24) is 14.8 Å². The molecule has 8 heteroatoms. The van der Waals surface area contributed by atoms with Crippen LogP contribution in [0.1, 0.15) is 10.4 Å². The van der Waals surface area contributed by atoms with Gasteiger partial charge in [0, 0.05) is 10.2 Å². The van der Waals surface area contributed by atoms with Crippen molar-refractivity contribution in [3.63, 3.8) is 0 Å². The Balaban J connectivity index is 1.83. The fourth-order valence-electron chi connectivity index (χ4n) is 1.98. The molecular formula is C15H9BrF2N4O. The van der Waals surface area contributed by atoms with E-state index in [2.05, 4.69) is 31.3 Å². The number of nitrogens with one attached hydrogen (secondary N) is 1. The van der Waals surface area contributed by atoms with Crippen LogP contribution in [0, 0.1) is 11.6 Å². The average molecular weight is 379 g/mol. The lowest BCUT2D eigenvalue weighted by Crippen LogP contribution is -2.13. The highest BCUT2D eigenvalue weighted by molar-refractivity contribution is 9.10. The number of amides is 1. The number of hydrogen-bond donors (Lipinski definition) is 1. The summed E-state index contributed by atoms with van der Waals surface area (Å²) in [5.74, 6) is -1.51. The fourth-order valence-corrected chi connectivity index (χ4v) is 2.51. The number of benzene rings is 2. The number of halogens is 3. The highest BCUT2D eigenvalue weighted by Crippen LogP contribution is 2.21. The molecule has 116 valence electrons. The Kier molecular flexibility index (Phi) is 4.16. The minimum absolute atomic E-state index is 0.212. The topological polar surface area (TPSA) is 59.8 Å². The molecule has 0 spiro atoms. The number of carbonyl (C=O) groups excluding carboxylic acids is 1. The standard InChI is InChI=1S/C15H9BrF2N4O/c16-12-5-9(17)1-3-11(12)15(23)21-10-2-4-14(13(18)6-10)22-8-19-7-20-22/h1-8H,(H,21,23). The van der Waals surface area contributed by atoms with Gasteiger partial charge in [0.2, 0.25) is 0 Å². The van der Waals surface area contributed by atoms with E-state index in [0.717, 1.165) is 0 Å². The molecular weight excluding hydrogens is 370 g/mol. The van der Waals surface area contributed by atoms with Gasteiger partial charge in [-0.1, -0.05) is 0 Å². The summed E-state index contributed by atoms with van der Waals surface area (Å²) in [7, 11) is 0. The van der Waals surface area contributed by atoms with Crippen LogP contribution < -0.4 is 5.32 Å². The van der Waals surface area contributed by atoms with Crippen LogP contribution >= 0.6 is 15.9 Å². The van der Waals surface area contributed by atoms with E-state index in [4.69, 9.17) is 0 Å². The molecule has 5 nitrogen and oxygen atoms in total. The Morgan fingerprint density at radius 2 is 2.00 bits per heavy atom. The molecule has 0 unspecified atom stereocenters. The van der Waals surface area contributed by atoms with Crippen LogP contribution in [-0.4, -0.2) is 20.7 Å². The molecule has 1 aromatic heterocycles. The summed E-state index contributed by atoms with van der Waals surface area (Å²) < 4.78 is 28.7. The van der Waals surface area contributed by atoms with E-state index >= 15 is 0 Å². The summed E-state index contributed by atoms with van der Waals surface area (Å²) in [6.07, 6.45) is 2.66. The van der Waals surface area contributed by atoms with Gasteiger partial charge in [0.05, 0.1) is 5.56 Å². The van der Waals surface area contributed by atoms with E-state index in [0.29, 0.717) is 4.47 Å². The molecule has 1 N–H and O–H groups in total. The van der Waals surface area contributed by atoms with E-state index in [1.165, 1.54) is 53.7 Å². The predicted octanol–water partition coefficient (Wildman–Crippen LogP) is 3.56. The van der Waals surface area contributed by atoms with Crippen molar-refractivity contribution in [1.29, 1.82) is 0 Å². The van der Waals surface area contributed by atoms with Gasteiger partial charge in [0.15, 0.2) is 5.82 Å². The van der Waals surface area contributed by atoms with Gasteiger partial charge in [-0.3, -0.25) is 4.79 Å². The first kappa shape index (κ1) is 15.3. The molecule has 0 saturated heterocycles. The number of rotatable bonds is 3. The first-order valence-corrected chi connectivity index (χ1v) is 7.25. The molecule has 0 aliphatic rings. The minimum Gasteiger partial charge on any atom is -0.322 e. The fraction of sp³-hybridized carbons (Fsp3) is 0. The molecule has 0 aliphatic carbocycles. The van der Waals surface area contributed by atoms with Gasteiger partial charge < -0.3 is 5.32 Å². The number of aromatic nitrogens is 3. The maximum Gasteiger partial charge on any atom is 0.256 e. The van der Waals surface area contributed by atoms with Crippen LogP contribution in [0.4, 0.5) is 14.5 Å². The van der Waals surface area contributed by atoms with Gasteiger partial charge in [-0.2, -0.15) is 5.10 Å². The maximum atomic E-state index is 14.1. The van der Waals surface area contributed by atoms with Crippen LogP contribution in [0.5, 0.6) is 0 Å². The van der Waals surface area contributed by atoms with Crippen molar-refractivity contribution < 1.29 is 13.6 Å². The Morgan fingerprint density at radius 3 is 2.65 bits per heavy atom. The third-order valence-corrected chi connectivity index (χ3v) is 3.70. The largest absolute Gasteiger partial charge is 0.322 e. The van der Waals surface area contributed by atoms with Crippen molar-refractivity contribution >= 4 is 27.5 Å². The first-order chi connectivity index (χ1) is 11.0. The zero-order valence-corrected chi connectivity index (χ0v) is 13.1. The van der Waals surface area contributed by atoms with Gasteiger partial charge in [0.25, 0.3) is 5.91 Å². The predicted molar refractivity (Wildman–Crippen MR) is 83.4 cm³/mol. The zero-order valence-electron chi connectivity index (χ0n) is 11.5. The molecule has 1 heterocycles. The van der Waals surface area contributed by atoms with Crippen molar-refractivity contribution in [3.05, 3.63) is 70.7 Å². The third kappa shape index (κ3) is 3.26. The Morgan fingerprint density at radius 1 is 1.17 bits per heavy atom. The Hall–Kier alpha value is -2.61. The van der Waals surface area contributed by atoms with Crippen molar-refractivity contribution in [2.45, 2.75) is 0 Å². The van der Waals surface area contributed by atoms with E-state index in [9.17, 15) is 13.6 Å². The average Bonchev–Trinajstić information content (AvgIpc) is 3.01. The second-order valence-corrected chi connectivity index (χ2v) is 5.44. The lowest BCUT2D eigenvalue weighted by atomic mass is 10.2. The van der Waals surface area contributed by atoms with Gasteiger partial charge in [-0.25, -0.2) is 18.4 Å². The van der Waals surface area contributed by atoms with Crippen LogP contribution in [0.2, 0.25) is 0 Å². The number of hydrogen-bond acceptors (Lipinski definition) is 3. The highest BCUT2D eigenvalue weighted by atomic mass is 79.9. The quantitative estimate of drug-likeness (QED) is 0.757. The van der Waals surface area contributed by atoms with Crippen LogP contribution in [-0.2, 0) is 0 Å². The molecule has 0 bridgehead atoms. The second-order valence-electron chi connectivity index (χ2n) is 4.58. The molecule has 1 amide bonds. The second kappa shape index (κ2) is 6.25. The molecule has 3 rings (SSSR count). The van der Waals surface area contributed by atoms with Crippen molar-refractivity contribution in [3.8, 4) is 5.69 Å². The highest BCUT2D eigenvalue weighted by Gasteiger charge is 2.13. The van der Waals surface area contributed by atoms with Crippen molar-refractivity contribution in [2.24, 2.45) is 0 Å². The summed E-state index contributed by atoms with van der Waals surface area (Å²) in [6, 6.07) is 7.88. The molecule has 2 aromatic carbocycles. The van der Waals surface area contributed by atoms with Gasteiger partial charge in [-0.05, 0) is 52.3 Å². The van der Waals surface area contributed by atoms with Gasteiger partial charge in [0.1, 0.15) is 24.2 Å². The summed E-state index contributed by atoms with van der Waals surface area (Å²) in [5.41, 5.74) is 0.725. The lowest BCUT2D eigenvalue weighted by Gasteiger charge is -2.09. The number of anilines is 1. The van der Waals surface area contributed by atoms with Crippen LogP contribution in [0.25, 0.3) is 5.69 Å². The zero-order chi connectivity index (χ0) is 16.4.